The van der Waals surface area contributed by atoms with Crippen LogP contribution in [0.4, 0.5) is 11.6 Å². The predicted molar refractivity (Wildman–Crippen MR) is 100 cm³/mol. The number of fused-ring (bicyclic) bond motifs is 1. The molecule has 0 unspecified atom stereocenters. The van der Waals surface area contributed by atoms with Gasteiger partial charge in [0.25, 0.3) is 0 Å². The lowest BCUT2D eigenvalue weighted by Crippen LogP contribution is -2.59. The van der Waals surface area contributed by atoms with Gasteiger partial charge in [0.15, 0.2) is 0 Å². The van der Waals surface area contributed by atoms with Gasteiger partial charge >= 0.3 is 0 Å². The molecule has 1 N–H and O–H groups in total. The van der Waals surface area contributed by atoms with E-state index >= 15 is 0 Å². The number of anilines is 2. The molecule has 25 heavy (non-hydrogen) atoms. The molecule has 1 aliphatic heterocycles. The molecule has 2 bridgehead atoms. The highest BCUT2D eigenvalue weighted by Crippen LogP contribution is 2.55. The number of nitrogens with zero attached hydrogens (tertiary/aromatic N) is 3. The van der Waals surface area contributed by atoms with E-state index in [4.69, 9.17) is 0 Å². The zero-order valence-corrected chi connectivity index (χ0v) is 14.9. The molecule has 1 saturated heterocycles. The molecule has 0 radical (unpaired) electrons. The molecule has 4 nitrogen and oxygen atoms in total. The van der Waals surface area contributed by atoms with E-state index in [1.165, 1.54) is 45.1 Å². The van der Waals surface area contributed by atoms with Gasteiger partial charge in [0.05, 0.1) is 0 Å². The first kappa shape index (κ1) is 15.3. The molecule has 1 aromatic carbocycles. The Bertz CT molecular complexity index is 775. The molecule has 5 rings (SSSR count). The van der Waals surface area contributed by atoms with Crippen molar-refractivity contribution in [2.45, 2.75) is 50.0 Å². The second-order valence-electron chi connectivity index (χ2n) is 8.08. The smallest absolute Gasteiger partial charge is 0.227 e. The Kier molecular flexibility index (Phi) is 3.56. The lowest BCUT2D eigenvalue weighted by atomic mass is 9.52. The third kappa shape index (κ3) is 2.38. The summed E-state index contributed by atoms with van der Waals surface area (Å²) < 4.78 is 0. The van der Waals surface area contributed by atoms with Crippen molar-refractivity contribution in [2.75, 3.05) is 18.9 Å². The van der Waals surface area contributed by atoms with Crippen molar-refractivity contribution in [3.63, 3.8) is 0 Å². The van der Waals surface area contributed by atoms with Gasteiger partial charge in [-0.05, 0) is 74.5 Å². The van der Waals surface area contributed by atoms with E-state index < -0.39 is 0 Å². The second kappa shape index (κ2) is 5.80. The molecule has 130 valence electrons. The number of hydrogen-bond acceptors (Lipinski definition) is 4. The minimum absolute atomic E-state index is 0.401. The summed E-state index contributed by atoms with van der Waals surface area (Å²) in [5.41, 5.74) is 4.70. The fraction of sp³-hybridized carbons (Fsp3) is 0.524. The van der Waals surface area contributed by atoms with Gasteiger partial charge in [-0.15, -0.1) is 0 Å². The van der Waals surface area contributed by atoms with Gasteiger partial charge in [-0.1, -0.05) is 18.9 Å². The Hall–Kier alpha value is -1.94. The second-order valence-corrected chi connectivity index (χ2v) is 8.08. The van der Waals surface area contributed by atoms with Crippen LogP contribution in [-0.4, -0.2) is 34.5 Å². The Morgan fingerprint density at radius 3 is 2.92 bits per heavy atom. The van der Waals surface area contributed by atoms with Crippen LogP contribution in [0.1, 0.15) is 43.2 Å². The topological polar surface area (TPSA) is 41.0 Å². The zero-order valence-electron chi connectivity index (χ0n) is 14.9. The van der Waals surface area contributed by atoms with Crippen LogP contribution in [-0.2, 0) is 11.8 Å². The highest BCUT2D eigenvalue weighted by Gasteiger charge is 2.52. The molecule has 3 aliphatic rings. The van der Waals surface area contributed by atoms with E-state index in [1.54, 1.807) is 23.5 Å². The van der Waals surface area contributed by atoms with Gasteiger partial charge in [-0.25, -0.2) is 9.97 Å². The summed E-state index contributed by atoms with van der Waals surface area (Å²) in [6, 6.07) is 9.54. The molecule has 1 saturated carbocycles. The van der Waals surface area contributed by atoms with E-state index in [2.05, 4.69) is 45.4 Å². The Labute approximate surface area is 149 Å². The van der Waals surface area contributed by atoms with Crippen molar-refractivity contribution in [1.82, 2.24) is 14.9 Å². The fourth-order valence-corrected chi connectivity index (χ4v) is 5.77. The van der Waals surface area contributed by atoms with Crippen LogP contribution in [0.15, 0.2) is 36.7 Å². The van der Waals surface area contributed by atoms with Crippen molar-refractivity contribution in [1.29, 1.82) is 0 Å². The van der Waals surface area contributed by atoms with Gasteiger partial charge < -0.3 is 10.2 Å². The number of benzene rings is 1. The van der Waals surface area contributed by atoms with Crippen LogP contribution in [0.2, 0.25) is 0 Å². The van der Waals surface area contributed by atoms with E-state index in [-0.39, 0.29) is 0 Å². The zero-order chi connectivity index (χ0) is 16.9. The number of piperidine rings is 1. The summed E-state index contributed by atoms with van der Waals surface area (Å²) in [6.07, 6.45) is 11.6. The van der Waals surface area contributed by atoms with Crippen LogP contribution in [0.3, 0.4) is 0 Å². The molecule has 3 atom stereocenters. The number of nitrogens with one attached hydrogen (secondary N) is 1. The van der Waals surface area contributed by atoms with Crippen LogP contribution in [0.5, 0.6) is 0 Å². The van der Waals surface area contributed by atoms with Crippen molar-refractivity contribution in [2.24, 2.45) is 5.92 Å². The van der Waals surface area contributed by atoms with Crippen molar-refractivity contribution in [3.05, 3.63) is 47.8 Å². The number of hydrogen-bond donors (Lipinski definition) is 1. The molecule has 2 heterocycles. The van der Waals surface area contributed by atoms with Gasteiger partial charge in [-0.2, -0.15) is 0 Å². The first-order valence-corrected chi connectivity index (χ1v) is 9.64. The van der Waals surface area contributed by atoms with Crippen LogP contribution >= 0.6 is 0 Å². The van der Waals surface area contributed by atoms with Crippen molar-refractivity contribution >= 4 is 11.6 Å². The lowest BCUT2D eigenvalue weighted by Gasteiger charge is -2.58. The molecule has 2 aliphatic carbocycles. The molecule has 4 heteroatoms. The molecular weight excluding hydrogens is 308 g/mol. The quantitative estimate of drug-likeness (QED) is 0.904. The number of likely N-dealkylation sites (N-methyl/N-ethyl adjacent to an activating group) is 1. The number of likely N-dealkylation sites (tertiary alicyclic amines) is 1. The standard InChI is InChI=1S/C21H26N4/c1-25-12-9-21-8-3-2-5-17(21)19(25)13-15-6-7-16(14-18(15)21)24-20-22-10-4-11-23-20/h4,6-7,10-11,14,17,19H,2-3,5,8-9,12-13H2,1H3,(H,22,23,24)/t17-,19+,21+/m0/s1. The summed E-state index contributed by atoms with van der Waals surface area (Å²) in [7, 11) is 2.33. The van der Waals surface area contributed by atoms with Crippen LogP contribution in [0.25, 0.3) is 0 Å². The molecule has 2 aromatic rings. The molecule has 1 aromatic heterocycles. The number of aromatic nitrogens is 2. The van der Waals surface area contributed by atoms with Gasteiger partial charge in [0, 0.05) is 29.5 Å². The Balaban J connectivity index is 1.56. The van der Waals surface area contributed by atoms with E-state index in [9.17, 15) is 0 Å². The first-order valence-electron chi connectivity index (χ1n) is 9.64. The lowest BCUT2D eigenvalue weighted by molar-refractivity contribution is 0.00290. The van der Waals surface area contributed by atoms with E-state index in [0.29, 0.717) is 11.4 Å². The third-order valence-corrected chi connectivity index (χ3v) is 6.94. The van der Waals surface area contributed by atoms with Gasteiger partial charge in [0.2, 0.25) is 5.95 Å². The summed E-state index contributed by atoms with van der Waals surface area (Å²) >= 11 is 0. The molecule has 0 spiro atoms. The summed E-state index contributed by atoms with van der Waals surface area (Å²) in [6.45, 7) is 1.24. The summed E-state index contributed by atoms with van der Waals surface area (Å²) in [4.78, 5) is 11.2. The van der Waals surface area contributed by atoms with E-state index in [0.717, 1.165) is 17.6 Å². The molecule has 2 fully saturated rings. The van der Waals surface area contributed by atoms with Crippen LogP contribution < -0.4 is 5.32 Å². The molecule has 0 amide bonds. The largest absolute Gasteiger partial charge is 0.324 e. The maximum atomic E-state index is 4.31. The maximum Gasteiger partial charge on any atom is 0.227 e. The Morgan fingerprint density at radius 2 is 2.04 bits per heavy atom. The minimum atomic E-state index is 0.401. The summed E-state index contributed by atoms with van der Waals surface area (Å²) in [5, 5.41) is 3.40. The third-order valence-electron chi connectivity index (χ3n) is 6.94. The summed E-state index contributed by atoms with van der Waals surface area (Å²) in [5.74, 6) is 1.51. The van der Waals surface area contributed by atoms with Gasteiger partial charge in [-0.3, -0.25) is 0 Å². The SMILES string of the molecule is CN1CC[C@]23CCCC[C@H]2[C@H]1Cc1ccc(Nc2ncccn2)cc13. The maximum absolute atomic E-state index is 4.31. The fourth-order valence-electron chi connectivity index (χ4n) is 5.77. The molecular formula is C21H26N4. The predicted octanol–water partition coefficient (Wildman–Crippen LogP) is 3.91. The van der Waals surface area contributed by atoms with Gasteiger partial charge in [0.1, 0.15) is 0 Å². The monoisotopic (exact) mass is 334 g/mol. The van der Waals surface area contributed by atoms with Crippen molar-refractivity contribution < 1.29 is 0 Å². The number of rotatable bonds is 2. The average molecular weight is 334 g/mol. The first-order chi connectivity index (χ1) is 12.3. The highest BCUT2D eigenvalue weighted by molar-refractivity contribution is 5.58. The van der Waals surface area contributed by atoms with Crippen molar-refractivity contribution in [3.8, 4) is 0 Å². The average Bonchev–Trinajstić information content (AvgIpc) is 2.66. The highest BCUT2D eigenvalue weighted by atomic mass is 15.2. The normalized spacial score (nSPS) is 31.1. The minimum Gasteiger partial charge on any atom is -0.324 e. The van der Waals surface area contributed by atoms with E-state index in [1.807, 2.05) is 6.07 Å². The van der Waals surface area contributed by atoms with Crippen LogP contribution in [0, 0.1) is 5.92 Å². The Morgan fingerprint density at radius 1 is 1.16 bits per heavy atom.